The fraction of sp³-hybridized carbons (Fsp3) is 0.500. The lowest BCUT2D eigenvalue weighted by molar-refractivity contribution is -0.131. The number of carbonyl (C=O) groups excluding carboxylic acids is 2. The van der Waals surface area contributed by atoms with Crippen molar-refractivity contribution in [1.82, 2.24) is 20.0 Å². The molecule has 1 aliphatic heterocycles. The van der Waals surface area contributed by atoms with Gasteiger partial charge in [-0.2, -0.15) is 5.10 Å². The Labute approximate surface area is 182 Å². The van der Waals surface area contributed by atoms with Gasteiger partial charge in [0.1, 0.15) is 5.75 Å². The Morgan fingerprint density at radius 1 is 1.27 bits per heavy atom. The van der Waals surface area contributed by atoms with Gasteiger partial charge in [-0.3, -0.25) is 14.3 Å². The van der Waals surface area contributed by atoms with Crippen LogP contribution in [0.4, 0.5) is 0 Å². The number of nitrogens with one attached hydrogen (secondary N) is 1. The molecule has 0 radical (unpaired) electrons. The molecule has 162 valence electrons. The summed E-state index contributed by atoms with van der Waals surface area (Å²) in [6.07, 6.45) is 5.32. The van der Waals surface area contributed by atoms with E-state index < -0.39 is 0 Å². The molecule has 0 unspecified atom stereocenters. The fourth-order valence-electron chi connectivity index (χ4n) is 3.52. The van der Waals surface area contributed by atoms with Crippen molar-refractivity contribution in [2.75, 3.05) is 26.2 Å². The summed E-state index contributed by atoms with van der Waals surface area (Å²) in [5.74, 6) is 0.469. The third-order valence-electron chi connectivity index (χ3n) is 5.45. The first-order valence-electron chi connectivity index (χ1n) is 10.4. The first-order valence-corrected chi connectivity index (χ1v) is 10.8. The lowest BCUT2D eigenvalue weighted by atomic mass is 10.1. The van der Waals surface area contributed by atoms with Crippen molar-refractivity contribution in [3.05, 3.63) is 46.2 Å². The van der Waals surface area contributed by atoms with E-state index in [1.54, 1.807) is 18.2 Å². The predicted molar refractivity (Wildman–Crippen MR) is 116 cm³/mol. The second kappa shape index (κ2) is 10.5. The Morgan fingerprint density at radius 3 is 2.83 bits per heavy atom. The molecule has 1 aromatic carbocycles. The minimum atomic E-state index is -0.188. The Balaban J connectivity index is 1.61. The maximum absolute atomic E-state index is 12.8. The van der Waals surface area contributed by atoms with E-state index in [9.17, 15) is 9.59 Å². The summed E-state index contributed by atoms with van der Waals surface area (Å²) in [5.41, 5.74) is 2.65. The summed E-state index contributed by atoms with van der Waals surface area (Å²) in [6, 6.07) is 5.06. The molecule has 1 aromatic heterocycles. The molecule has 0 atom stereocenters. The Hall–Kier alpha value is -2.54. The summed E-state index contributed by atoms with van der Waals surface area (Å²) in [5, 5.41) is 7.66. The molecule has 0 aliphatic carbocycles. The molecule has 8 heteroatoms. The number of amides is 2. The van der Waals surface area contributed by atoms with Crippen LogP contribution in [0.15, 0.2) is 24.4 Å². The van der Waals surface area contributed by atoms with Gasteiger partial charge in [0, 0.05) is 43.8 Å². The highest BCUT2D eigenvalue weighted by Crippen LogP contribution is 2.23. The van der Waals surface area contributed by atoms with Gasteiger partial charge < -0.3 is 15.0 Å². The van der Waals surface area contributed by atoms with E-state index in [4.69, 9.17) is 16.3 Å². The van der Waals surface area contributed by atoms with Crippen molar-refractivity contribution in [3.63, 3.8) is 0 Å². The molecule has 2 amide bonds. The number of aryl methyl sites for hydroxylation is 2. The Morgan fingerprint density at radius 2 is 2.07 bits per heavy atom. The van der Waals surface area contributed by atoms with Crippen LogP contribution in [0.25, 0.3) is 0 Å². The third kappa shape index (κ3) is 5.75. The number of hydrogen-bond donors (Lipinski definition) is 1. The second-order valence-corrected chi connectivity index (χ2v) is 8.00. The summed E-state index contributed by atoms with van der Waals surface area (Å²) in [4.78, 5) is 27.2. The van der Waals surface area contributed by atoms with E-state index in [0.717, 1.165) is 24.1 Å². The van der Waals surface area contributed by atoms with E-state index in [-0.39, 0.29) is 11.8 Å². The van der Waals surface area contributed by atoms with Gasteiger partial charge in [-0.1, -0.05) is 11.6 Å². The van der Waals surface area contributed by atoms with E-state index in [2.05, 4.69) is 10.4 Å². The standard InChI is InChI=1S/C22H29ClN4O3/c1-16-17(15-25-26(16)2)6-9-21(28)27-11-4-3-10-24-22(29)19-14-18(23)7-8-20(19)30-13-5-12-27/h7-8,14-15H,3-6,9-13H2,1-2H3,(H,24,29). The van der Waals surface area contributed by atoms with Crippen molar-refractivity contribution < 1.29 is 14.3 Å². The minimum absolute atomic E-state index is 0.143. The highest BCUT2D eigenvalue weighted by molar-refractivity contribution is 6.31. The summed E-state index contributed by atoms with van der Waals surface area (Å²) in [6.45, 7) is 4.30. The van der Waals surface area contributed by atoms with Crippen LogP contribution in [0.1, 0.15) is 47.3 Å². The predicted octanol–water partition coefficient (Wildman–Crippen LogP) is 3.14. The molecule has 0 bridgehead atoms. The molecular formula is C22H29ClN4O3. The lowest BCUT2D eigenvalue weighted by Gasteiger charge is -2.23. The zero-order chi connectivity index (χ0) is 21.5. The minimum Gasteiger partial charge on any atom is -0.493 e. The van der Waals surface area contributed by atoms with Crippen molar-refractivity contribution in [2.24, 2.45) is 7.05 Å². The number of ether oxygens (including phenoxy) is 1. The first-order chi connectivity index (χ1) is 14.5. The summed E-state index contributed by atoms with van der Waals surface area (Å²) < 4.78 is 7.66. The van der Waals surface area contributed by atoms with Crippen molar-refractivity contribution in [2.45, 2.75) is 39.0 Å². The van der Waals surface area contributed by atoms with Crippen molar-refractivity contribution in [3.8, 4) is 5.75 Å². The van der Waals surface area contributed by atoms with Gasteiger partial charge in [0.05, 0.1) is 18.4 Å². The molecule has 0 saturated carbocycles. The molecule has 30 heavy (non-hydrogen) atoms. The number of carbonyl (C=O) groups is 2. The molecule has 2 heterocycles. The van der Waals surface area contributed by atoms with Gasteiger partial charge in [-0.25, -0.2) is 0 Å². The van der Waals surface area contributed by atoms with Crippen LogP contribution < -0.4 is 10.1 Å². The molecule has 0 saturated heterocycles. The Bertz CT molecular complexity index is 897. The van der Waals surface area contributed by atoms with Gasteiger partial charge in [-0.15, -0.1) is 0 Å². The van der Waals surface area contributed by atoms with E-state index in [1.165, 1.54) is 0 Å². The van der Waals surface area contributed by atoms with E-state index >= 15 is 0 Å². The zero-order valence-corrected chi connectivity index (χ0v) is 18.4. The molecule has 7 nitrogen and oxygen atoms in total. The number of rotatable bonds is 3. The number of nitrogens with zero attached hydrogens (tertiary/aromatic N) is 3. The van der Waals surface area contributed by atoms with E-state index in [0.29, 0.717) is 61.8 Å². The summed E-state index contributed by atoms with van der Waals surface area (Å²) in [7, 11) is 1.91. The molecule has 2 aromatic rings. The molecule has 1 aliphatic rings. The Kier molecular flexibility index (Phi) is 7.74. The molecule has 1 N–H and O–H groups in total. The normalized spacial score (nSPS) is 15.8. The number of fused-ring (bicyclic) bond motifs is 1. The van der Waals surface area contributed by atoms with Crippen molar-refractivity contribution >= 4 is 23.4 Å². The maximum Gasteiger partial charge on any atom is 0.255 e. The second-order valence-electron chi connectivity index (χ2n) is 7.57. The maximum atomic E-state index is 12.8. The van der Waals surface area contributed by atoms with Crippen LogP contribution >= 0.6 is 11.6 Å². The summed E-state index contributed by atoms with van der Waals surface area (Å²) >= 11 is 6.05. The fourth-order valence-corrected chi connectivity index (χ4v) is 3.69. The smallest absolute Gasteiger partial charge is 0.255 e. The molecule has 3 rings (SSSR count). The SMILES string of the molecule is Cc1c(CCC(=O)N2CCCCNC(=O)c3cc(Cl)ccc3OCCC2)cnn1C. The number of halogens is 1. The number of benzene rings is 1. The number of aromatic nitrogens is 2. The lowest BCUT2D eigenvalue weighted by Crippen LogP contribution is -2.34. The highest BCUT2D eigenvalue weighted by Gasteiger charge is 2.17. The zero-order valence-electron chi connectivity index (χ0n) is 17.6. The van der Waals surface area contributed by atoms with Crippen LogP contribution in [0, 0.1) is 6.92 Å². The quantitative estimate of drug-likeness (QED) is 0.808. The molecular weight excluding hydrogens is 404 g/mol. The number of hydrogen-bond acceptors (Lipinski definition) is 4. The van der Waals surface area contributed by atoms with Gasteiger partial charge in [0.15, 0.2) is 0 Å². The van der Waals surface area contributed by atoms with Crippen LogP contribution in [0.2, 0.25) is 5.02 Å². The average Bonchev–Trinajstić information content (AvgIpc) is 3.05. The molecule has 0 fully saturated rings. The third-order valence-corrected chi connectivity index (χ3v) is 5.69. The van der Waals surface area contributed by atoms with Crippen LogP contribution in [0.5, 0.6) is 5.75 Å². The topological polar surface area (TPSA) is 76.5 Å². The monoisotopic (exact) mass is 432 g/mol. The largest absolute Gasteiger partial charge is 0.493 e. The van der Waals surface area contributed by atoms with Gasteiger partial charge in [0.2, 0.25) is 5.91 Å². The van der Waals surface area contributed by atoms with Crippen LogP contribution in [-0.2, 0) is 18.3 Å². The van der Waals surface area contributed by atoms with Gasteiger partial charge in [-0.05, 0) is 56.4 Å². The highest BCUT2D eigenvalue weighted by atomic mass is 35.5. The molecule has 0 spiro atoms. The van der Waals surface area contributed by atoms with Crippen LogP contribution in [-0.4, -0.2) is 52.7 Å². The van der Waals surface area contributed by atoms with Gasteiger partial charge >= 0.3 is 0 Å². The van der Waals surface area contributed by atoms with Crippen molar-refractivity contribution in [1.29, 1.82) is 0 Å². The average molecular weight is 433 g/mol. The van der Waals surface area contributed by atoms with E-state index in [1.807, 2.05) is 29.7 Å². The first kappa shape index (κ1) is 22.2. The van der Waals surface area contributed by atoms with Gasteiger partial charge in [0.25, 0.3) is 5.91 Å². The van der Waals surface area contributed by atoms with Crippen LogP contribution in [0.3, 0.4) is 0 Å².